The molecule has 0 bridgehead atoms. The predicted octanol–water partition coefficient (Wildman–Crippen LogP) is 8.51. The van der Waals surface area contributed by atoms with E-state index in [-0.39, 0.29) is 11.1 Å². The Hall–Kier alpha value is -2.20. The number of aromatic nitrogens is 2. The summed E-state index contributed by atoms with van der Waals surface area (Å²) in [5.41, 5.74) is 4.52. The summed E-state index contributed by atoms with van der Waals surface area (Å²) >= 11 is 0. The van der Waals surface area contributed by atoms with Gasteiger partial charge in [-0.05, 0) is 66.9 Å². The van der Waals surface area contributed by atoms with Crippen molar-refractivity contribution < 1.29 is 9.16 Å². The molecule has 0 saturated carbocycles. The van der Waals surface area contributed by atoms with Crippen LogP contribution in [0.4, 0.5) is 5.69 Å². The van der Waals surface area contributed by atoms with Crippen molar-refractivity contribution in [3.05, 3.63) is 59.8 Å². The SMILES string of the molecule is CC(C)(C)[Si](C)(C)OC1CCCN(c2ccc3c(c2)c(/C=C/c2ccccc2)nn3COCC[Si](C)(C)C)C1. The van der Waals surface area contributed by atoms with Crippen LogP contribution in [0.2, 0.25) is 43.8 Å². The molecule has 1 unspecified atom stereocenters. The molecule has 212 valence electrons. The molecule has 2 aromatic carbocycles. The third-order valence-corrected chi connectivity index (χ3v) is 14.5. The second-order valence-electron chi connectivity index (χ2n) is 13.8. The molecule has 0 radical (unpaired) electrons. The number of hydrogen-bond donors (Lipinski definition) is 0. The van der Waals surface area contributed by atoms with E-state index in [2.05, 4.69) is 113 Å². The third-order valence-electron chi connectivity index (χ3n) is 8.22. The Kier molecular flexibility index (Phi) is 9.26. The summed E-state index contributed by atoms with van der Waals surface area (Å²) in [6.45, 7) is 22.1. The van der Waals surface area contributed by atoms with Gasteiger partial charge in [-0.2, -0.15) is 5.10 Å². The highest BCUT2D eigenvalue weighted by Crippen LogP contribution is 2.38. The second-order valence-corrected chi connectivity index (χ2v) is 24.1. The minimum Gasteiger partial charge on any atom is -0.412 e. The molecule has 1 fully saturated rings. The highest BCUT2D eigenvalue weighted by Gasteiger charge is 2.40. The number of rotatable bonds is 10. The van der Waals surface area contributed by atoms with Crippen LogP contribution in [0.5, 0.6) is 0 Å². The lowest BCUT2D eigenvalue weighted by Crippen LogP contribution is -2.49. The van der Waals surface area contributed by atoms with Crippen LogP contribution in [0.3, 0.4) is 0 Å². The molecule has 1 aliphatic rings. The fraction of sp³-hybridized carbons (Fsp3) is 0.531. The van der Waals surface area contributed by atoms with Gasteiger partial charge in [-0.15, -0.1) is 0 Å². The highest BCUT2D eigenvalue weighted by molar-refractivity contribution is 6.76. The number of anilines is 1. The third kappa shape index (κ3) is 7.94. The van der Waals surface area contributed by atoms with E-state index in [1.165, 1.54) is 16.6 Å². The first kappa shape index (κ1) is 29.8. The van der Waals surface area contributed by atoms with Crippen LogP contribution >= 0.6 is 0 Å². The van der Waals surface area contributed by atoms with Crippen LogP contribution in [0.15, 0.2) is 48.5 Å². The van der Waals surface area contributed by atoms with E-state index < -0.39 is 16.4 Å². The number of hydrogen-bond acceptors (Lipinski definition) is 4. The summed E-state index contributed by atoms with van der Waals surface area (Å²) in [6.07, 6.45) is 6.87. The zero-order chi connectivity index (χ0) is 28.3. The average Bonchev–Trinajstić information content (AvgIpc) is 3.21. The Labute approximate surface area is 238 Å². The van der Waals surface area contributed by atoms with Gasteiger partial charge in [-0.1, -0.05) is 76.8 Å². The topological polar surface area (TPSA) is 39.5 Å². The maximum absolute atomic E-state index is 6.83. The van der Waals surface area contributed by atoms with Crippen LogP contribution in [-0.4, -0.2) is 52.0 Å². The van der Waals surface area contributed by atoms with Crippen molar-refractivity contribution in [1.29, 1.82) is 0 Å². The molecule has 1 aliphatic heterocycles. The Bertz CT molecular complexity index is 1260. The largest absolute Gasteiger partial charge is 0.412 e. The molecule has 1 atom stereocenters. The summed E-state index contributed by atoms with van der Waals surface area (Å²) in [5.74, 6) is 0. The lowest BCUT2D eigenvalue weighted by atomic mass is 10.1. The molecule has 1 saturated heterocycles. The van der Waals surface area contributed by atoms with E-state index in [0.717, 1.165) is 49.8 Å². The Balaban J connectivity index is 1.58. The normalized spacial score (nSPS) is 17.4. The Morgan fingerprint density at radius 1 is 1.00 bits per heavy atom. The number of benzene rings is 2. The molecule has 0 aliphatic carbocycles. The van der Waals surface area contributed by atoms with Crippen molar-refractivity contribution in [1.82, 2.24) is 9.78 Å². The Morgan fingerprint density at radius 3 is 2.44 bits per heavy atom. The molecule has 5 nitrogen and oxygen atoms in total. The van der Waals surface area contributed by atoms with Crippen molar-refractivity contribution in [3.63, 3.8) is 0 Å². The van der Waals surface area contributed by atoms with E-state index in [4.69, 9.17) is 14.3 Å². The Morgan fingerprint density at radius 2 is 1.74 bits per heavy atom. The van der Waals surface area contributed by atoms with Crippen molar-refractivity contribution in [2.75, 3.05) is 24.6 Å². The monoisotopic (exact) mass is 563 g/mol. The second kappa shape index (κ2) is 12.1. The zero-order valence-electron chi connectivity index (χ0n) is 25.5. The lowest BCUT2D eigenvalue weighted by Gasteiger charge is -2.43. The summed E-state index contributed by atoms with van der Waals surface area (Å²) < 4.78 is 15.0. The van der Waals surface area contributed by atoms with Crippen molar-refractivity contribution >= 4 is 45.1 Å². The summed E-state index contributed by atoms with van der Waals surface area (Å²) in [5, 5.41) is 6.38. The van der Waals surface area contributed by atoms with Crippen LogP contribution < -0.4 is 4.90 Å². The average molecular weight is 564 g/mol. The predicted molar refractivity (Wildman–Crippen MR) is 173 cm³/mol. The first-order valence-electron chi connectivity index (χ1n) is 14.6. The van der Waals surface area contributed by atoms with Gasteiger partial charge in [0.05, 0.1) is 17.3 Å². The van der Waals surface area contributed by atoms with Gasteiger partial charge in [0.15, 0.2) is 8.32 Å². The summed E-state index contributed by atoms with van der Waals surface area (Å²) in [4.78, 5) is 2.51. The van der Waals surface area contributed by atoms with Gasteiger partial charge in [0, 0.05) is 38.8 Å². The molecular weight excluding hydrogens is 515 g/mol. The van der Waals surface area contributed by atoms with Gasteiger partial charge in [0.2, 0.25) is 0 Å². The maximum atomic E-state index is 6.83. The molecule has 3 aromatic rings. The number of ether oxygens (including phenoxy) is 1. The minimum absolute atomic E-state index is 0.222. The summed E-state index contributed by atoms with van der Waals surface area (Å²) in [7, 11) is -2.94. The molecule has 2 heterocycles. The van der Waals surface area contributed by atoms with E-state index in [1.807, 2.05) is 10.7 Å². The number of fused-ring (bicyclic) bond motifs is 1. The molecule has 39 heavy (non-hydrogen) atoms. The van der Waals surface area contributed by atoms with Crippen molar-refractivity contribution in [2.24, 2.45) is 0 Å². The molecule has 0 spiro atoms. The first-order valence-corrected chi connectivity index (χ1v) is 21.2. The van der Waals surface area contributed by atoms with E-state index >= 15 is 0 Å². The maximum Gasteiger partial charge on any atom is 0.192 e. The molecule has 0 N–H and O–H groups in total. The van der Waals surface area contributed by atoms with E-state index in [0.29, 0.717) is 6.73 Å². The van der Waals surface area contributed by atoms with Gasteiger partial charge >= 0.3 is 0 Å². The van der Waals surface area contributed by atoms with E-state index in [1.54, 1.807) is 0 Å². The van der Waals surface area contributed by atoms with Crippen LogP contribution in [0.25, 0.3) is 23.1 Å². The highest BCUT2D eigenvalue weighted by atomic mass is 28.4. The fourth-order valence-corrected chi connectivity index (χ4v) is 6.88. The summed E-state index contributed by atoms with van der Waals surface area (Å²) in [6, 6.07) is 18.4. The molecule has 7 heteroatoms. The molecular formula is C32H49N3O2Si2. The number of piperidine rings is 1. The minimum atomic E-state index is -1.80. The van der Waals surface area contributed by atoms with Crippen LogP contribution in [-0.2, 0) is 15.9 Å². The quantitative estimate of drug-likeness (QED) is 0.183. The van der Waals surface area contributed by atoms with Crippen molar-refractivity contribution in [2.45, 2.75) is 90.3 Å². The van der Waals surface area contributed by atoms with Crippen molar-refractivity contribution in [3.8, 4) is 0 Å². The van der Waals surface area contributed by atoms with E-state index in [9.17, 15) is 0 Å². The van der Waals surface area contributed by atoms with Crippen LogP contribution in [0, 0.1) is 0 Å². The first-order chi connectivity index (χ1) is 18.3. The lowest BCUT2D eigenvalue weighted by molar-refractivity contribution is 0.0816. The fourth-order valence-electron chi connectivity index (χ4n) is 4.74. The molecule has 0 amide bonds. The van der Waals surface area contributed by atoms with Gasteiger partial charge in [0.1, 0.15) is 6.73 Å². The van der Waals surface area contributed by atoms with Gasteiger partial charge in [-0.3, -0.25) is 0 Å². The number of nitrogens with zero attached hydrogens (tertiary/aromatic N) is 3. The van der Waals surface area contributed by atoms with Gasteiger partial charge in [0.25, 0.3) is 0 Å². The standard InChI is InChI=1S/C32H49N3O2Si2/c1-32(2,3)39(7,8)37-28-15-12-20-34(24-28)27-17-19-31-29(23-27)30(18-16-26-13-10-9-11-14-26)33-35(31)25-36-21-22-38(4,5)6/h9-11,13-14,16-19,23,28H,12,15,20-22,24-25H2,1-8H3/b18-16+. The zero-order valence-corrected chi connectivity index (χ0v) is 27.5. The van der Waals surface area contributed by atoms with Gasteiger partial charge in [-0.25, -0.2) is 4.68 Å². The molecule has 1 aromatic heterocycles. The van der Waals surface area contributed by atoms with Gasteiger partial charge < -0.3 is 14.1 Å². The smallest absolute Gasteiger partial charge is 0.192 e. The molecule has 4 rings (SSSR count). The van der Waals surface area contributed by atoms with Crippen LogP contribution in [0.1, 0.15) is 44.9 Å².